The summed E-state index contributed by atoms with van der Waals surface area (Å²) in [5.41, 5.74) is 2.87. The first-order chi connectivity index (χ1) is 3.77. The summed E-state index contributed by atoms with van der Waals surface area (Å²) < 4.78 is 0. The molecule has 0 spiro atoms. The zero-order chi connectivity index (χ0) is 6.41. The van der Waals surface area contributed by atoms with Crippen LogP contribution >= 0.6 is 11.6 Å². The van der Waals surface area contributed by atoms with Crippen molar-refractivity contribution >= 4 is 11.6 Å². The molecule has 0 saturated carbocycles. The van der Waals surface area contributed by atoms with Crippen LogP contribution in [0.3, 0.4) is 0 Å². The number of hydrogen-bond acceptors (Lipinski definition) is 0. The van der Waals surface area contributed by atoms with E-state index in [0.717, 1.165) is 6.42 Å². The van der Waals surface area contributed by atoms with Crippen LogP contribution in [0.15, 0.2) is 23.3 Å². The van der Waals surface area contributed by atoms with E-state index in [1.54, 1.807) is 5.54 Å². The number of halogens is 1. The average Bonchev–Trinajstić information content (AvgIpc) is 1.66. The fraction of sp³-hybridized carbons (Fsp3) is 0.429. The Balaban J connectivity index is 3.30. The first-order valence-electron chi connectivity index (χ1n) is 2.66. The highest BCUT2D eigenvalue weighted by Crippen LogP contribution is 1.93. The van der Waals surface area contributed by atoms with Crippen LogP contribution in [0.2, 0.25) is 0 Å². The summed E-state index contributed by atoms with van der Waals surface area (Å²) in [7, 11) is 0. The third-order valence-electron chi connectivity index (χ3n) is 0.751. The van der Waals surface area contributed by atoms with E-state index in [0.29, 0.717) is 0 Å². The normalized spacial score (nSPS) is 9.88. The molecule has 0 aliphatic heterocycles. The molecule has 0 aromatic rings. The molecule has 0 aromatic carbocycles. The van der Waals surface area contributed by atoms with Gasteiger partial charge >= 0.3 is 0 Å². The fourth-order valence-electron chi connectivity index (χ4n) is 0.355. The maximum atomic E-state index is 5.28. The molecule has 8 heavy (non-hydrogen) atoms. The minimum Gasteiger partial charge on any atom is -0.0933 e. The highest BCUT2D eigenvalue weighted by Gasteiger charge is 1.71. The van der Waals surface area contributed by atoms with Crippen molar-refractivity contribution in [1.29, 1.82) is 0 Å². The molecule has 0 aliphatic rings. The second kappa shape index (κ2) is 4.92. The van der Waals surface area contributed by atoms with Gasteiger partial charge in [-0.25, -0.2) is 0 Å². The van der Waals surface area contributed by atoms with Crippen molar-refractivity contribution in [2.75, 3.05) is 0 Å². The largest absolute Gasteiger partial charge is 0.0933 e. The maximum absolute atomic E-state index is 5.28. The van der Waals surface area contributed by atoms with Crippen molar-refractivity contribution in [3.8, 4) is 0 Å². The minimum absolute atomic E-state index is 0.950. The van der Waals surface area contributed by atoms with Crippen molar-refractivity contribution in [2.24, 2.45) is 0 Å². The molecule has 0 aliphatic carbocycles. The van der Waals surface area contributed by atoms with Crippen molar-refractivity contribution in [1.82, 2.24) is 0 Å². The monoisotopic (exact) mass is 130 g/mol. The molecule has 0 fully saturated rings. The van der Waals surface area contributed by atoms with Gasteiger partial charge in [-0.05, 0) is 20.3 Å². The van der Waals surface area contributed by atoms with E-state index in [2.05, 4.69) is 19.9 Å². The molecule has 0 rings (SSSR count). The number of hydrogen-bond donors (Lipinski definition) is 0. The van der Waals surface area contributed by atoms with Gasteiger partial charge in [0.1, 0.15) is 0 Å². The van der Waals surface area contributed by atoms with Gasteiger partial charge in [-0.2, -0.15) is 0 Å². The third kappa shape index (κ3) is 5.77. The first-order valence-corrected chi connectivity index (χ1v) is 3.09. The lowest BCUT2D eigenvalue weighted by Gasteiger charge is -1.82. The molecule has 0 atom stereocenters. The summed E-state index contributed by atoms with van der Waals surface area (Å²) in [6.45, 7) is 4.14. The van der Waals surface area contributed by atoms with E-state index in [-0.39, 0.29) is 0 Å². The van der Waals surface area contributed by atoms with Gasteiger partial charge in [0.15, 0.2) is 0 Å². The van der Waals surface area contributed by atoms with Crippen molar-refractivity contribution in [3.63, 3.8) is 0 Å². The zero-order valence-electron chi connectivity index (χ0n) is 5.32. The summed E-state index contributed by atoms with van der Waals surface area (Å²) in [6.07, 6.45) is 4.99. The van der Waals surface area contributed by atoms with E-state index >= 15 is 0 Å². The molecule has 46 valence electrons. The minimum atomic E-state index is 0.950. The molecule has 1 heteroatoms. The van der Waals surface area contributed by atoms with E-state index in [1.165, 1.54) is 5.57 Å². The molecular formula is C7H11Cl. The predicted octanol–water partition coefficient (Wildman–Crippen LogP) is 3.10. The summed E-state index contributed by atoms with van der Waals surface area (Å²) >= 11 is 5.28. The molecule has 0 nitrogen and oxygen atoms in total. The first kappa shape index (κ1) is 7.77. The third-order valence-corrected chi connectivity index (χ3v) is 0.929. The van der Waals surface area contributed by atoms with Crippen molar-refractivity contribution < 1.29 is 0 Å². The quantitative estimate of drug-likeness (QED) is 0.504. The lowest BCUT2D eigenvalue weighted by atomic mass is 10.3. The lowest BCUT2D eigenvalue weighted by molar-refractivity contribution is 1.28. The fourth-order valence-corrected chi connectivity index (χ4v) is 0.458. The molecule has 0 heterocycles. The second-order valence-corrected chi connectivity index (χ2v) is 2.13. The molecule has 0 unspecified atom stereocenters. The molecule has 0 bridgehead atoms. The smallest absolute Gasteiger partial charge is 0.000558 e. The van der Waals surface area contributed by atoms with Gasteiger partial charge in [-0.1, -0.05) is 29.3 Å². The molecule has 0 saturated heterocycles. The van der Waals surface area contributed by atoms with Crippen LogP contribution in [0.5, 0.6) is 0 Å². The molecule has 0 aromatic heterocycles. The summed E-state index contributed by atoms with van der Waals surface area (Å²) in [6, 6.07) is 0. The van der Waals surface area contributed by atoms with Gasteiger partial charge in [0.2, 0.25) is 0 Å². The van der Waals surface area contributed by atoms with Crippen LogP contribution in [0.25, 0.3) is 0 Å². The van der Waals surface area contributed by atoms with Crippen LogP contribution < -0.4 is 0 Å². The SMILES string of the molecule is CC(C)=CCC=CCl. The Bertz CT molecular complexity index is 97.0. The lowest BCUT2D eigenvalue weighted by Crippen LogP contribution is -1.61. The van der Waals surface area contributed by atoms with Gasteiger partial charge in [-0.15, -0.1) is 0 Å². The number of allylic oxidation sites excluding steroid dienone is 3. The van der Waals surface area contributed by atoms with Crippen LogP contribution in [-0.4, -0.2) is 0 Å². The molecular weight excluding hydrogens is 120 g/mol. The van der Waals surface area contributed by atoms with Crippen LogP contribution in [0, 0.1) is 0 Å². The van der Waals surface area contributed by atoms with Crippen molar-refractivity contribution in [2.45, 2.75) is 20.3 Å². The Morgan fingerprint density at radius 3 is 2.50 bits per heavy atom. The highest BCUT2D eigenvalue weighted by molar-refractivity contribution is 6.25. The molecule has 0 N–H and O–H groups in total. The summed E-state index contributed by atoms with van der Waals surface area (Å²) in [5, 5.41) is 0. The summed E-state index contributed by atoms with van der Waals surface area (Å²) in [4.78, 5) is 0. The maximum Gasteiger partial charge on any atom is 0.000558 e. The van der Waals surface area contributed by atoms with Crippen LogP contribution in [-0.2, 0) is 0 Å². The second-order valence-electron chi connectivity index (χ2n) is 1.88. The van der Waals surface area contributed by atoms with E-state index < -0.39 is 0 Å². The standard InChI is InChI=1S/C7H11Cl/c1-7(2)5-3-4-6-8/h4-6H,3H2,1-2H3. The Hall–Kier alpha value is -0.230. The van der Waals surface area contributed by atoms with E-state index in [1.807, 2.05) is 6.08 Å². The van der Waals surface area contributed by atoms with Gasteiger partial charge in [0.05, 0.1) is 0 Å². The van der Waals surface area contributed by atoms with Crippen LogP contribution in [0.1, 0.15) is 20.3 Å². The molecule has 0 amide bonds. The Kier molecular flexibility index (Phi) is 4.78. The van der Waals surface area contributed by atoms with Crippen LogP contribution in [0.4, 0.5) is 0 Å². The topological polar surface area (TPSA) is 0 Å². The summed E-state index contributed by atoms with van der Waals surface area (Å²) in [5.74, 6) is 0. The Morgan fingerprint density at radius 2 is 2.12 bits per heavy atom. The average molecular weight is 131 g/mol. The van der Waals surface area contributed by atoms with Crippen molar-refractivity contribution in [3.05, 3.63) is 23.3 Å². The highest BCUT2D eigenvalue weighted by atomic mass is 35.5. The van der Waals surface area contributed by atoms with E-state index in [4.69, 9.17) is 11.6 Å². The van der Waals surface area contributed by atoms with Gasteiger partial charge in [-0.3, -0.25) is 0 Å². The van der Waals surface area contributed by atoms with Gasteiger partial charge in [0.25, 0.3) is 0 Å². The molecule has 0 radical (unpaired) electrons. The zero-order valence-corrected chi connectivity index (χ0v) is 6.07. The van der Waals surface area contributed by atoms with E-state index in [9.17, 15) is 0 Å². The number of rotatable bonds is 2. The van der Waals surface area contributed by atoms with Gasteiger partial charge < -0.3 is 0 Å². The predicted molar refractivity (Wildman–Crippen MR) is 39.0 cm³/mol. The van der Waals surface area contributed by atoms with Gasteiger partial charge in [0, 0.05) is 5.54 Å². The Labute approximate surface area is 55.9 Å². The Morgan fingerprint density at radius 1 is 1.50 bits per heavy atom.